The maximum atomic E-state index is 14.7. The van der Waals surface area contributed by atoms with E-state index in [2.05, 4.69) is 37.8 Å². The molecule has 28 heavy (non-hydrogen) atoms. The van der Waals surface area contributed by atoms with Crippen molar-refractivity contribution in [1.82, 2.24) is 20.1 Å². The molecule has 0 saturated heterocycles. The number of pyridine rings is 1. The molecular weight excluding hydrogens is 481 g/mol. The second-order valence-electron chi connectivity index (χ2n) is 7.40. The Labute approximate surface area is 174 Å². The van der Waals surface area contributed by atoms with Crippen molar-refractivity contribution < 1.29 is 18.3 Å². The van der Waals surface area contributed by atoms with E-state index in [-0.39, 0.29) is 17.8 Å². The number of amides is 1. The minimum atomic E-state index is -0.752. The van der Waals surface area contributed by atoms with Gasteiger partial charge in [-0.1, -0.05) is 0 Å². The number of fused-ring (bicyclic) bond motifs is 1. The fourth-order valence-corrected chi connectivity index (χ4v) is 3.21. The zero-order valence-corrected chi connectivity index (χ0v) is 18.0. The maximum absolute atomic E-state index is 14.7. The van der Waals surface area contributed by atoms with Crippen LogP contribution < -0.4 is 0 Å². The summed E-state index contributed by atoms with van der Waals surface area (Å²) >= 11 is 2.06. The molecule has 0 bridgehead atoms. The number of nitrogens with one attached hydrogen (secondary N) is 1. The molecule has 0 aliphatic rings. The smallest absolute Gasteiger partial charge is 0.410 e. The first kappa shape index (κ1) is 20.4. The third kappa shape index (κ3) is 4.40. The number of rotatable bonds is 3. The number of ether oxygens (including phenoxy) is 1. The van der Waals surface area contributed by atoms with Crippen molar-refractivity contribution >= 4 is 39.6 Å². The number of carbonyl (C=O) groups is 1. The first-order valence-corrected chi connectivity index (χ1v) is 9.55. The van der Waals surface area contributed by atoms with Gasteiger partial charge in [-0.05, 0) is 67.1 Å². The minimum Gasteiger partial charge on any atom is -0.444 e. The van der Waals surface area contributed by atoms with Gasteiger partial charge in [0.2, 0.25) is 0 Å². The molecule has 3 rings (SSSR count). The number of halogens is 3. The first-order valence-electron chi connectivity index (χ1n) is 8.47. The molecule has 6 nitrogen and oxygen atoms in total. The van der Waals surface area contributed by atoms with Gasteiger partial charge < -0.3 is 9.64 Å². The summed E-state index contributed by atoms with van der Waals surface area (Å²) in [6.07, 6.45) is 0.894. The standard InChI is InChI=1S/C19H19F2IN4O2/c1-19(2,3)28-18(27)26(4)9-10-5-12(20)16(13(21)6-10)14-7-11-15(8-23-14)24-25-17(11)22/h5-8H,9H2,1-4H3,(H,24,25). The Balaban J connectivity index is 1.88. The zero-order chi connectivity index (χ0) is 20.6. The van der Waals surface area contributed by atoms with E-state index < -0.39 is 23.3 Å². The Morgan fingerprint density at radius 2 is 1.89 bits per heavy atom. The fourth-order valence-electron chi connectivity index (χ4n) is 2.66. The SMILES string of the molecule is CN(Cc1cc(F)c(-c2cc3c(I)[nH]nc3cn2)c(F)c1)C(=O)OC(C)(C)C. The molecule has 2 heterocycles. The predicted molar refractivity (Wildman–Crippen MR) is 110 cm³/mol. The Hall–Kier alpha value is -2.30. The lowest BCUT2D eigenvalue weighted by molar-refractivity contribution is 0.0284. The summed E-state index contributed by atoms with van der Waals surface area (Å²) in [5, 5.41) is 7.59. The van der Waals surface area contributed by atoms with Gasteiger partial charge in [0.25, 0.3) is 0 Å². The molecule has 3 aromatic rings. The summed E-state index contributed by atoms with van der Waals surface area (Å²) in [6.45, 7) is 5.25. The molecule has 1 N–H and O–H groups in total. The number of hydrogen-bond donors (Lipinski definition) is 1. The van der Waals surface area contributed by atoms with E-state index >= 15 is 0 Å². The van der Waals surface area contributed by atoms with Gasteiger partial charge in [0.05, 0.1) is 17.5 Å². The lowest BCUT2D eigenvalue weighted by Gasteiger charge is -2.24. The van der Waals surface area contributed by atoms with E-state index in [0.29, 0.717) is 11.1 Å². The highest BCUT2D eigenvalue weighted by atomic mass is 127. The average Bonchev–Trinajstić information content (AvgIpc) is 2.93. The van der Waals surface area contributed by atoms with E-state index in [1.165, 1.54) is 30.3 Å². The molecule has 0 radical (unpaired) electrons. The third-order valence-corrected chi connectivity index (χ3v) is 4.70. The fraction of sp³-hybridized carbons (Fsp3) is 0.316. The number of aromatic nitrogens is 3. The molecule has 9 heteroatoms. The van der Waals surface area contributed by atoms with Crippen LogP contribution in [0.2, 0.25) is 0 Å². The quantitative estimate of drug-likeness (QED) is 0.521. The van der Waals surface area contributed by atoms with Gasteiger partial charge in [0, 0.05) is 19.0 Å². The van der Waals surface area contributed by atoms with Crippen molar-refractivity contribution in [2.75, 3.05) is 7.05 Å². The molecule has 148 valence electrons. The Bertz CT molecular complexity index is 1020. The van der Waals surface area contributed by atoms with Crippen LogP contribution in [-0.2, 0) is 11.3 Å². The number of benzene rings is 1. The summed E-state index contributed by atoms with van der Waals surface area (Å²) in [7, 11) is 1.51. The Morgan fingerprint density at radius 3 is 2.50 bits per heavy atom. The van der Waals surface area contributed by atoms with Crippen molar-refractivity contribution in [1.29, 1.82) is 0 Å². The Kier molecular flexibility index (Phi) is 5.55. The highest BCUT2D eigenvalue weighted by molar-refractivity contribution is 14.1. The van der Waals surface area contributed by atoms with Crippen LogP contribution in [0.1, 0.15) is 26.3 Å². The second kappa shape index (κ2) is 7.61. The van der Waals surface area contributed by atoms with Crippen LogP contribution >= 0.6 is 22.6 Å². The van der Waals surface area contributed by atoms with Gasteiger partial charge >= 0.3 is 6.09 Å². The normalized spacial score (nSPS) is 11.7. The zero-order valence-electron chi connectivity index (χ0n) is 15.8. The summed E-state index contributed by atoms with van der Waals surface area (Å²) in [4.78, 5) is 17.4. The van der Waals surface area contributed by atoms with Gasteiger partial charge in [-0.3, -0.25) is 10.1 Å². The summed E-state index contributed by atoms with van der Waals surface area (Å²) in [5.74, 6) is -1.50. The van der Waals surface area contributed by atoms with Crippen LogP contribution in [0.3, 0.4) is 0 Å². The van der Waals surface area contributed by atoms with Gasteiger partial charge in [-0.15, -0.1) is 0 Å². The highest BCUT2D eigenvalue weighted by Crippen LogP contribution is 2.29. The van der Waals surface area contributed by atoms with E-state index in [4.69, 9.17) is 4.74 Å². The van der Waals surface area contributed by atoms with Crippen LogP contribution in [0.15, 0.2) is 24.4 Å². The predicted octanol–water partition coefficient (Wildman–Crippen LogP) is 4.87. The Morgan fingerprint density at radius 1 is 1.25 bits per heavy atom. The molecule has 0 aliphatic carbocycles. The van der Waals surface area contributed by atoms with Crippen molar-refractivity contribution in [3.8, 4) is 11.3 Å². The molecule has 0 unspecified atom stereocenters. The maximum Gasteiger partial charge on any atom is 0.410 e. The molecule has 0 saturated carbocycles. The average molecular weight is 500 g/mol. The van der Waals surface area contributed by atoms with Gasteiger partial charge in [0.15, 0.2) is 0 Å². The van der Waals surface area contributed by atoms with E-state index in [0.717, 1.165) is 9.09 Å². The van der Waals surface area contributed by atoms with Crippen LogP contribution in [0.4, 0.5) is 13.6 Å². The monoisotopic (exact) mass is 500 g/mol. The number of carbonyl (C=O) groups excluding carboxylic acids is 1. The molecule has 0 aliphatic heterocycles. The number of H-pyrrole nitrogens is 1. The molecule has 0 atom stereocenters. The lowest BCUT2D eigenvalue weighted by atomic mass is 10.1. The molecule has 0 spiro atoms. The first-order chi connectivity index (χ1) is 13.0. The summed E-state index contributed by atoms with van der Waals surface area (Å²) < 4.78 is 35.4. The third-order valence-electron chi connectivity index (χ3n) is 3.88. The van der Waals surface area contributed by atoms with Crippen LogP contribution in [0.25, 0.3) is 22.2 Å². The molecule has 2 aromatic heterocycles. The molecular formula is C19H19F2IN4O2. The lowest BCUT2D eigenvalue weighted by Crippen LogP contribution is -2.33. The highest BCUT2D eigenvalue weighted by Gasteiger charge is 2.21. The topological polar surface area (TPSA) is 71.1 Å². The number of aromatic amines is 1. The van der Waals surface area contributed by atoms with Crippen LogP contribution in [0.5, 0.6) is 0 Å². The van der Waals surface area contributed by atoms with Gasteiger partial charge in [-0.25, -0.2) is 13.6 Å². The molecule has 1 aromatic carbocycles. The summed E-state index contributed by atoms with van der Waals surface area (Å²) in [5.41, 5.74) is 0.229. The largest absolute Gasteiger partial charge is 0.444 e. The van der Waals surface area contributed by atoms with Gasteiger partial charge in [-0.2, -0.15) is 5.10 Å². The number of hydrogen-bond acceptors (Lipinski definition) is 4. The van der Waals surface area contributed by atoms with Crippen molar-refractivity contribution in [2.45, 2.75) is 32.9 Å². The van der Waals surface area contributed by atoms with Crippen molar-refractivity contribution in [2.24, 2.45) is 0 Å². The van der Waals surface area contributed by atoms with Crippen LogP contribution in [0, 0.1) is 15.3 Å². The van der Waals surface area contributed by atoms with Crippen LogP contribution in [-0.4, -0.2) is 38.8 Å². The van der Waals surface area contributed by atoms with E-state index in [1.807, 2.05) is 0 Å². The number of nitrogens with zero attached hydrogens (tertiary/aromatic N) is 3. The minimum absolute atomic E-state index is 0.00905. The van der Waals surface area contributed by atoms with Gasteiger partial charge in [0.1, 0.15) is 26.5 Å². The van der Waals surface area contributed by atoms with E-state index in [1.54, 1.807) is 26.8 Å². The molecule has 0 fully saturated rings. The second-order valence-corrected chi connectivity index (χ2v) is 8.47. The molecule has 1 amide bonds. The van der Waals surface area contributed by atoms with Crippen molar-refractivity contribution in [3.63, 3.8) is 0 Å². The summed E-state index contributed by atoms with van der Waals surface area (Å²) in [6, 6.07) is 3.99. The van der Waals surface area contributed by atoms with Crippen molar-refractivity contribution in [3.05, 3.63) is 45.3 Å². The van der Waals surface area contributed by atoms with E-state index in [9.17, 15) is 13.6 Å².